The standard InChI is InChI=1S/C20H12Cl2N2O3S/c21-14-5-2-6-15(22)18(14)16-8-7-13(27-16)10-17-19(24-20(26)28-17)23-11-3-1-4-12(25)9-11/h1-10,25H,(H,23,24,26)/b17-10-. The molecule has 5 nitrogen and oxygen atoms in total. The highest BCUT2D eigenvalue weighted by molar-refractivity contribution is 8.18. The average molecular weight is 431 g/mol. The number of amidine groups is 1. The van der Waals surface area contributed by atoms with Crippen LogP contribution < -0.4 is 5.32 Å². The van der Waals surface area contributed by atoms with Crippen LogP contribution in [0.15, 0.2) is 68.9 Å². The highest BCUT2D eigenvalue weighted by Gasteiger charge is 2.24. The number of amides is 1. The summed E-state index contributed by atoms with van der Waals surface area (Å²) in [6.45, 7) is 0. The molecule has 1 amide bonds. The molecule has 0 bridgehead atoms. The molecule has 2 aromatic carbocycles. The van der Waals surface area contributed by atoms with Gasteiger partial charge in [0.25, 0.3) is 5.24 Å². The minimum Gasteiger partial charge on any atom is -0.508 e. The third-order valence-corrected chi connectivity index (χ3v) is 5.28. The number of aromatic hydroxyl groups is 1. The molecule has 1 aromatic heterocycles. The number of phenolic OH excluding ortho intramolecular Hbond substituents is 1. The Kier molecular flexibility index (Phi) is 5.17. The second kappa shape index (κ2) is 7.75. The lowest BCUT2D eigenvalue weighted by molar-refractivity contribution is 0.265. The molecule has 0 spiro atoms. The minimum absolute atomic E-state index is 0.0941. The molecule has 1 saturated heterocycles. The van der Waals surface area contributed by atoms with Gasteiger partial charge in [-0.25, -0.2) is 4.99 Å². The zero-order chi connectivity index (χ0) is 19.7. The van der Waals surface area contributed by atoms with E-state index in [1.54, 1.807) is 54.6 Å². The fourth-order valence-electron chi connectivity index (χ4n) is 2.63. The molecule has 0 radical (unpaired) electrons. The van der Waals surface area contributed by atoms with Crippen molar-refractivity contribution in [3.63, 3.8) is 0 Å². The Labute approximate surface area is 174 Å². The van der Waals surface area contributed by atoms with Crippen molar-refractivity contribution in [3.8, 4) is 17.1 Å². The quantitative estimate of drug-likeness (QED) is 0.497. The summed E-state index contributed by atoms with van der Waals surface area (Å²) >= 11 is 13.5. The monoisotopic (exact) mass is 430 g/mol. The summed E-state index contributed by atoms with van der Waals surface area (Å²) in [5, 5.41) is 13.0. The minimum atomic E-state index is -0.244. The molecule has 1 aliphatic rings. The van der Waals surface area contributed by atoms with E-state index in [4.69, 9.17) is 27.6 Å². The molecule has 0 saturated carbocycles. The largest absolute Gasteiger partial charge is 0.508 e. The molecule has 2 N–H and O–H groups in total. The van der Waals surface area contributed by atoms with Crippen molar-refractivity contribution in [2.45, 2.75) is 0 Å². The second-order valence-electron chi connectivity index (χ2n) is 5.80. The predicted molar refractivity (Wildman–Crippen MR) is 113 cm³/mol. The summed E-state index contributed by atoms with van der Waals surface area (Å²) in [6.07, 6.45) is 1.71. The van der Waals surface area contributed by atoms with E-state index in [1.165, 1.54) is 6.07 Å². The summed E-state index contributed by atoms with van der Waals surface area (Å²) < 4.78 is 5.85. The first-order valence-electron chi connectivity index (χ1n) is 8.12. The smallest absolute Gasteiger partial charge is 0.289 e. The van der Waals surface area contributed by atoms with E-state index < -0.39 is 0 Å². The zero-order valence-electron chi connectivity index (χ0n) is 14.1. The van der Waals surface area contributed by atoms with Crippen molar-refractivity contribution in [1.82, 2.24) is 5.32 Å². The van der Waals surface area contributed by atoms with Crippen molar-refractivity contribution in [2.75, 3.05) is 0 Å². The first-order valence-corrected chi connectivity index (χ1v) is 9.70. The Morgan fingerprint density at radius 3 is 2.57 bits per heavy atom. The van der Waals surface area contributed by atoms with E-state index in [2.05, 4.69) is 10.3 Å². The fraction of sp³-hybridized carbons (Fsp3) is 0. The maximum absolute atomic E-state index is 11.8. The zero-order valence-corrected chi connectivity index (χ0v) is 16.5. The van der Waals surface area contributed by atoms with Gasteiger partial charge in [-0.05, 0) is 54.2 Å². The molecule has 0 atom stereocenters. The van der Waals surface area contributed by atoms with E-state index in [1.807, 2.05) is 0 Å². The van der Waals surface area contributed by atoms with Crippen molar-refractivity contribution in [3.05, 3.63) is 75.3 Å². The van der Waals surface area contributed by atoms with Crippen LogP contribution in [0.25, 0.3) is 17.4 Å². The van der Waals surface area contributed by atoms with Crippen LogP contribution in [-0.2, 0) is 0 Å². The Morgan fingerprint density at radius 1 is 1.07 bits per heavy atom. The summed E-state index contributed by atoms with van der Waals surface area (Å²) in [4.78, 5) is 16.8. The van der Waals surface area contributed by atoms with Gasteiger partial charge in [0.1, 0.15) is 23.1 Å². The van der Waals surface area contributed by atoms with Gasteiger partial charge in [0.15, 0.2) is 0 Å². The Bertz CT molecular complexity index is 1120. The van der Waals surface area contributed by atoms with Crippen LogP contribution in [0.3, 0.4) is 0 Å². The van der Waals surface area contributed by atoms with Gasteiger partial charge in [0, 0.05) is 6.07 Å². The molecule has 0 aliphatic carbocycles. The summed E-state index contributed by atoms with van der Waals surface area (Å²) in [5.41, 5.74) is 1.13. The number of nitrogens with one attached hydrogen (secondary N) is 1. The van der Waals surface area contributed by atoms with Crippen LogP contribution in [0.5, 0.6) is 5.75 Å². The number of rotatable bonds is 3. The van der Waals surface area contributed by atoms with E-state index in [0.29, 0.717) is 43.6 Å². The molecule has 1 fully saturated rings. The van der Waals surface area contributed by atoms with E-state index >= 15 is 0 Å². The Balaban J connectivity index is 1.68. The molecule has 140 valence electrons. The van der Waals surface area contributed by atoms with Crippen molar-refractivity contribution in [2.24, 2.45) is 4.99 Å². The average Bonchev–Trinajstić information content (AvgIpc) is 3.22. The Hall–Kier alpha value is -2.67. The molecular weight excluding hydrogens is 419 g/mol. The number of hydrogen-bond acceptors (Lipinski definition) is 5. The topological polar surface area (TPSA) is 74.8 Å². The third-order valence-electron chi connectivity index (χ3n) is 3.84. The van der Waals surface area contributed by atoms with Crippen molar-refractivity contribution < 1.29 is 14.3 Å². The number of halogens is 2. The number of nitrogens with zero attached hydrogens (tertiary/aromatic N) is 1. The second-order valence-corrected chi connectivity index (χ2v) is 7.63. The number of benzene rings is 2. The third kappa shape index (κ3) is 3.94. The molecule has 8 heteroatoms. The van der Waals surface area contributed by atoms with Crippen molar-refractivity contribution >= 4 is 57.8 Å². The predicted octanol–water partition coefficient (Wildman–Crippen LogP) is 6.49. The number of aliphatic imine (C=N–C) groups is 1. The van der Waals surface area contributed by atoms with Gasteiger partial charge in [-0.2, -0.15) is 0 Å². The van der Waals surface area contributed by atoms with E-state index in [-0.39, 0.29) is 11.0 Å². The summed E-state index contributed by atoms with van der Waals surface area (Å²) in [5.74, 6) is 1.52. The Morgan fingerprint density at radius 2 is 1.82 bits per heavy atom. The first kappa shape index (κ1) is 18.7. The first-order chi connectivity index (χ1) is 13.5. The van der Waals surface area contributed by atoms with Gasteiger partial charge < -0.3 is 14.8 Å². The number of carbonyl (C=O) groups excluding carboxylic acids is 1. The molecular formula is C20H12Cl2N2O3S. The lowest BCUT2D eigenvalue weighted by Gasteiger charge is -2.03. The number of hydrogen-bond donors (Lipinski definition) is 2. The van der Waals surface area contributed by atoms with Crippen LogP contribution >= 0.6 is 35.0 Å². The number of phenols is 1. The highest BCUT2D eigenvalue weighted by atomic mass is 35.5. The summed E-state index contributed by atoms with van der Waals surface area (Å²) in [6, 6.07) is 15.2. The van der Waals surface area contributed by atoms with Gasteiger partial charge in [-0.3, -0.25) is 4.79 Å². The van der Waals surface area contributed by atoms with Gasteiger partial charge in [-0.1, -0.05) is 35.3 Å². The molecule has 4 rings (SSSR count). The number of furan rings is 1. The molecule has 2 heterocycles. The van der Waals surface area contributed by atoms with Crippen molar-refractivity contribution in [1.29, 1.82) is 0 Å². The molecule has 1 aliphatic heterocycles. The number of carbonyl (C=O) groups is 1. The van der Waals surface area contributed by atoms with Gasteiger partial charge in [0.05, 0.1) is 26.2 Å². The molecule has 28 heavy (non-hydrogen) atoms. The lowest BCUT2D eigenvalue weighted by Crippen LogP contribution is -2.18. The molecule has 0 unspecified atom stereocenters. The highest BCUT2D eigenvalue weighted by Crippen LogP contribution is 2.36. The maximum atomic E-state index is 11.8. The SMILES string of the molecule is O=C1NC(=Nc2cccc(O)c2)/C(=C/c2ccc(-c3c(Cl)cccc3Cl)o2)S1. The molecule has 3 aromatic rings. The van der Waals surface area contributed by atoms with Crippen LogP contribution in [0.2, 0.25) is 10.0 Å². The van der Waals surface area contributed by atoms with Crippen LogP contribution in [0.4, 0.5) is 10.5 Å². The van der Waals surface area contributed by atoms with Gasteiger partial charge >= 0.3 is 0 Å². The van der Waals surface area contributed by atoms with Crippen LogP contribution in [0, 0.1) is 0 Å². The van der Waals surface area contributed by atoms with Crippen LogP contribution in [-0.4, -0.2) is 16.2 Å². The van der Waals surface area contributed by atoms with E-state index in [0.717, 1.165) is 11.8 Å². The van der Waals surface area contributed by atoms with Crippen LogP contribution in [0.1, 0.15) is 5.76 Å². The summed E-state index contributed by atoms with van der Waals surface area (Å²) in [7, 11) is 0. The maximum Gasteiger partial charge on any atom is 0.289 e. The van der Waals surface area contributed by atoms with E-state index in [9.17, 15) is 9.90 Å². The van der Waals surface area contributed by atoms with Gasteiger partial charge in [-0.15, -0.1) is 0 Å². The van der Waals surface area contributed by atoms with Gasteiger partial charge in [0.2, 0.25) is 0 Å². The fourth-order valence-corrected chi connectivity index (χ4v) is 3.93. The normalized spacial score (nSPS) is 16.7. The lowest BCUT2D eigenvalue weighted by atomic mass is 10.2. The number of thioether (sulfide) groups is 1.